The molecular weight excluding hydrogens is 560 g/mol. The summed E-state index contributed by atoms with van der Waals surface area (Å²) in [5.74, 6) is -3.37. The number of nitrogens with zero attached hydrogens (tertiary/aromatic N) is 1. The SMILES string of the molecule is COC(=O)CCCC(=O)N[C@@H](CCCCNC(=O)OCc1ccccc1)C(=O)N[C@H](C(=O)N1CCC[C@H]1C(=O)O)C(C)C. The number of likely N-dealkylation sites (tertiary alicyclic amines) is 1. The van der Waals surface area contributed by atoms with E-state index in [1.54, 1.807) is 13.8 Å². The van der Waals surface area contributed by atoms with Crippen molar-refractivity contribution < 1.29 is 43.3 Å². The number of rotatable bonds is 17. The molecule has 0 unspecified atom stereocenters. The molecule has 0 radical (unpaired) electrons. The minimum absolute atomic E-state index is 0.00566. The molecule has 2 rings (SSSR count). The highest BCUT2D eigenvalue weighted by Gasteiger charge is 2.39. The zero-order valence-corrected chi connectivity index (χ0v) is 25.1. The standard InChI is InChI=1S/C30H44N4O9/c1-20(2)26(28(38)34-18-10-14-23(34)29(39)40)33-27(37)22(32-24(35)15-9-16-25(36)42-3)13-7-8-17-31-30(41)43-19-21-11-5-4-6-12-21/h4-6,11-12,20,22-23,26H,7-10,13-19H2,1-3H3,(H,31,41)(H,32,35)(H,33,37)(H,39,40)/t22-,23-,26-/m0/s1. The normalized spacial score (nSPS) is 15.7. The minimum atomic E-state index is -1.09. The van der Waals surface area contributed by atoms with Crippen LogP contribution in [0.4, 0.5) is 4.79 Å². The third kappa shape index (κ3) is 12.3. The zero-order valence-electron chi connectivity index (χ0n) is 25.1. The number of alkyl carbamates (subject to hydrolysis) is 1. The molecule has 43 heavy (non-hydrogen) atoms. The minimum Gasteiger partial charge on any atom is -0.480 e. The molecule has 13 nitrogen and oxygen atoms in total. The van der Waals surface area contributed by atoms with E-state index in [4.69, 9.17) is 4.74 Å². The number of aliphatic carboxylic acids is 1. The van der Waals surface area contributed by atoms with Gasteiger partial charge in [0.15, 0.2) is 0 Å². The number of esters is 1. The van der Waals surface area contributed by atoms with Gasteiger partial charge in [-0.2, -0.15) is 0 Å². The van der Waals surface area contributed by atoms with Gasteiger partial charge >= 0.3 is 18.0 Å². The highest BCUT2D eigenvalue weighted by molar-refractivity contribution is 5.93. The van der Waals surface area contributed by atoms with E-state index < -0.39 is 53.9 Å². The largest absolute Gasteiger partial charge is 0.480 e. The summed E-state index contributed by atoms with van der Waals surface area (Å²) in [6.07, 6.45) is 1.77. The number of hydrogen-bond donors (Lipinski definition) is 4. The average molecular weight is 605 g/mol. The number of methoxy groups -OCH3 is 1. The summed E-state index contributed by atoms with van der Waals surface area (Å²) in [7, 11) is 1.26. The molecule has 238 valence electrons. The Hall–Kier alpha value is -4.16. The van der Waals surface area contributed by atoms with Gasteiger partial charge in [0.1, 0.15) is 24.7 Å². The van der Waals surface area contributed by atoms with E-state index in [0.717, 1.165) is 5.56 Å². The van der Waals surface area contributed by atoms with Crippen molar-refractivity contribution in [3.63, 3.8) is 0 Å². The summed E-state index contributed by atoms with van der Waals surface area (Å²) in [5, 5.41) is 17.6. The molecule has 1 aromatic rings. The molecule has 0 saturated carbocycles. The fraction of sp³-hybridized carbons (Fsp3) is 0.600. The number of hydrogen-bond acceptors (Lipinski definition) is 8. The summed E-state index contributed by atoms with van der Waals surface area (Å²) < 4.78 is 9.77. The molecule has 4 amide bonds. The van der Waals surface area contributed by atoms with Gasteiger partial charge < -0.3 is 35.4 Å². The van der Waals surface area contributed by atoms with E-state index in [-0.39, 0.29) is 51.3 Å². The smallest absolute Gasteiger partial charge is 0.407 e. The van der Waals surface area contributed by atoms with E-state index in [0.29, 0.717) is 25.7 Å². The van der Waals surface area contributed by atoms with Crippen LogP contribution in [0, 0.1) is 5.92 Å². The highest BCUT2D eigenvalue weighted by atomic mass is 16.5. The Morgan fingerprint density at radius 2 is 1.72 bits per heavy atom. The Morgan fingerprint density at radius 3 is 2.37 bits per heavy atom. The third-order valence-corrected chi connectivity index (χ3v) is 7.12. The van der Waals surface area contributed by atoms with Crippen molar-refractivity contribution in [2.24, 2.45) is 5.92 Å². The number of carboxylic acid groups (broad SMARTS) is 1. The van der Waals surface area contributed by atoms with Gasteiger partial charge in [-0.3, -0.25) is 19.2 Å². The Labute approximate surface area is 252 Å². The van der Waals surface area contributed by atoms with Crippen molar-refractivity contribution in [2.45, 2.75) is 89.9 Å². The third-order valence-electron chi connectivity index (χ3n) is 7.12. The van der Waals surface area contributed by atoms with Crippen molar-refractivity contribution in [2.75, 3.05) is 20.2 Å². The number of unbranched alkanes of at least 4 members (excludes halogenated alkanes) is 1. The maximum absolute atomic E-state index is 13.4. The summed E-state index contributed by atoms with van der Waals surface area (Å²) in [6.45, 7) is 4.20. The molecule has 13 heteroatoms. The lowest BCUT2D eigenvalue weighted by Crippen LogP contribution is -2.57. The summed E-state index contributed by atoms with van der Waals surface area (Å²) in [6, 6.07) is 6.34. The Kier molecular flexibility index (Phi) is 15.0. The van der Waals surface area contributed by atoms with Crippen LogP contribution in [-0.4, -0.2) is 84.1 Å². The van der Waals surface area contributed by atoms with Gasteiger partial charge in [0.2, 0.25) is 17.7 Å². The molecular formula is C30H44N4O9. The van der Waals surface area contributed by atoms with Crippen molar-refractivity contribution in [3.05, 3.63) is 35.9 Å². The van der Waals surface area contributed by atoms with Gasteiger partial charge in [-0.25, -0.2) is 9.59 Å². The molecule has 4 N–H and O–H groups in total. The average Bonchev–Trinajstić information content (AvgIpc) is 3.48. The van der Waals surface area contributed by atoms with E-state index in [2.05, 4.69) is 20.7 Å². The summed E-state index contributed by atoms with van der Waals surface area (Å²) in [5.41, 5.74) is 0.857. The molecule has 1 saturated heterocycles. The Morgan fingerprint density at radius 1 is 1.00 bits per heavy atom. The van der Waals surface area contributed by atoms with Crippen LogP contribution in [-0.2, 0) is 40.1 Å². The van der Waals surface area contributed by atoms with Crippen LogP contribution >= 0.6 is 0 Å². The number of ether oxygens (including phenoxy) is 2. The number of nitrogens with one attached hydrogen (secondary N) is 3. The molecule has 3 atom stereocenters. The fourth-order valence-corrected chi connectivity index (χ4v) is 4.70. The summed E-state index contributed by atoms with van der Waals surface area (Å²) in [4.78, 5) is 75.6. The van der Waals surface area contributed by atoms with Gasteiger partial charge in [-0.1, -0.05) is 44.2 Å². The van der Waals surface area contributed by atoms with E-state index >= 15 is 0 Å². The second-order valence-electron chi connectivity index (χ2n) is 10.8. The maximum atomic E-state index is 13.4. The van der Waals surface area contributed by atoms with Crippen LogP contribution in [0.25, 0.3) is 0 Å². The number of carboxylic acids is 1. The first-order valence-corrected chi connectivity index (χ1v) is 14.7. The first-order chi connectivity index (χ1) is 20.5. The fourth-order valence-electron chi connectivity index (χ4n) is 4.70. The molecule has 1 aliphatic heterocycles. The van der Waals surface area contributed by atoms with Crippen LogP contribution in [0.2, 0.25) is 0 Å². The number of carbonyl (C=O) groups excluding carboxylic acids is 5. The molecule has 0 bridgehead atoms. The quantitative estimate of drug-likeness (QED) is 0.153. The van der Waals surface area contributed by atoms with E-state index in [1.807, 2.05) is 30.3 Å². The number of carbonyl (C=O) groups is 6. The molecule has 1 aliphatic rings. The molecule has 0 aliphatic carbocycles. The Balaban J connectivity index is 1.95. The molecule has 1 heterocycles. The predicted molar refractivity (Wildman–Crippen MR) is 155 cm³/mol. The van der Waals surface area contributed by atoms with Crippen molar-refractivity contribution in [3.8, 4) is 0 Å². The van der Waals surface area contributed by atoms with Crippen LogP contribution in [0.5, 0.6) is 0 Å². The van der Waals surface area contributed by atoms with E-state index in [1.165, 1.54) is 12.0 Å². The number of benzene rings is 1. The Bertz CT molecular complexity index is 1100. The molecule has 1 fully saturated rings. The summed E-state index contributed by atoms with van der Waals surface area (Å²) >= 11 is 0. The first kappa shape index (κ1) is 35.0. The van der Waals surface area contributed by atoms with E-state index in [9.17, 15) is 33.9 Å². The molecule has 0 spiro atoms. The topological polar surface area (TPSA) is 180 Å². The van der Waals surface area contributed by atoms with Gasteiger partial charge in [0.05, 0.1) is 7.11 Å². The highest BCUT2D eigenvalue weighted by Crippen LogP contribution is 2.20. The number of amides is 4. The molecule has 1 aromatic carbocycles. The predicted octanol–water partition coefficient (Wildman–Crippen LogP) is 2.13. The van der Waals surface area contributed by atoms with Crippen molar-refractivity contribution in [1.82, 2.24) is 20.9 Å². The monoisotopic (exact) mass is 604 g/mol. The maximum Gasteiger partial charge on any atom is 0.407 e. The van der Waals surface area contributed by atoms with Crippen LogP contribution in [0.15, 0.2) is 30.3 Å². The van der Waals surface area contributed by atoms with Crippen LogP contribution < -0.4 is 16.0 Å². The lowest BCUT2D eigenvalue weighted by molar-refractivity contribution is -0.150. The van der Waals surface area contributed by atoms with Crippen molar-refractivity contribution in [1.29, 1.82) is 0 Å². The van der Waals surface area contributed by atoms with Gasteiger partial charge in [-0.15, -0.1) is 0 Å². The second-order valence-corrected chi connectivity index (χ2v) is 10.8. The second kappa shape index (κ2) is 18.4. The lowest BCUT2D eigenvalue weighted by atomic mass is 10.0. The van der Waals surface area contributed by atoms with Gasteiger partial charge in [0, 0.05) is 25.9 Å². The molecule has 0 aromatic heterocycles. The lowest BCUT2D eigenvalue weighted by Gasteiger charge is -2.30. The zero-order chi connectivity index (χ0) is 31.8. The van der Waals surface area contributed by atoms with Crippen LogP contribution in [0.1, 0.15) is 70.8 Å². The first-order valence-electron chi connectivity index (χ1n) is 14.7. The van der Waals surface area contributed by atoms with Crippen molar-refractivity contribution >= 4 is 35.8 Å². The van der Waals surface area contributed by atoms with Crippen LogP contribution in [0.3, 0.4) is 0 Å². The van der Waals surface area contributed by atoms with Gasteiger partial charge in [0.25, 0.3) is 0 Å². The van der Waals surface area contributed by atoms with Gasteiger partial charge in [-0.05, 0) is 50.0 Å².